The molecule has 1 aliphatic rings. The minimum Gasteiger partial charge on any atom is -0.497 e. The second kappa shape index (κ2) is 10.1. The molecule has 2 atom stereocenters. The molecule has 2 heterocycles. The lowest BCUT2D eigenvalue weighted by Gasteiger charge is -2.24. The summed E-state index contributed by atoms with van der Waals surface area (Å²) in [6, 6.07) is 10.2. The van der Waals surface area contributed by atoms with Crippen LogP contribution in [0.25, 0.3) is 10.1 Å². The summed E-state index contributed by atoms with van der Waals surface area (Å²) >= 11 is 1.40. The number of carbonyl (C=O) groups is 1. The number of aliphatic hydroxyl groups excluding tert-OH is 1. The van der Waals surface area contributed by atoms with Crippen molar-refractivity contribution >= 4 is 38.3 Å². The highest BCUT2D eigenvalue weighted by atomic mass is 32.1. The standard InChI is InChI=1S/C22H22F2N4O4S/c1-31-13-9-15(23)19(16(24)10-13)14-11-25-21(28-32-7-6-29)20(14)27-22(30)26-18-8-12-4-2-3-5-17(12)33-18/h2-5,8-10,14,20,29H,6-7,11H2,1H3,(H,25,28)(H2,26,27,30). The first-order chi connectivity index (χ1) is 16.0. The van der Waals surface area contributed by atoms with Gasteiger partial charge in [0.25, 0.3) is 0 Å². The second-order valence-corrected chi connectivity index (χ2v) is 8.32. The van der Waals surface area contributed by atoms with E-state index in [2.05, 4.69) is 21.1 Å². The molecule has 0 spiro atoms. The first-order valence-electron chi connectivity index (χ1n) is 10.1. The first-order valence-corrected chi connectivity index (χ1v) is 10.9. The van der Waals surface area contributed by atoms with Crippen LogP contribution in [0.1, 0.15) is 11.5 Å². The van der Waals surface area contributed by atoms with E-state index in [9.17, 15) is 13.6 Å². The Kier molecular flexibility index (Phi) is 7.02. The lowest BCUT2D eigenvalue weighted by molar-refractivity contribution is 0.0517. The third-order valence-electron chi connectivity index (χ3n) is 5.13. The number of rotatable bonds is 7. The number of amides is 2. The average molecular weight is 477 g/mol. The van der Waals surface area contributed by atoms with E-state index in [0.29, 0.717) is 5.00 Å². The molecule has 0 radical (unpaired) electrons. The maximum atomic E-state index is 14.8. The molecule has 33 heavy (non-hydrogen) atoms. The molecule has 11 heteroatoms. The number of halogens is 2. The summed E-state index contributed by atoms with van der Waals surface area (Å²) in [5.74, 6) is -2.20. The molecule has 0 fully saturated rings. The molecule has 0 saturated heterocycles. The molecular weight excluding hydrogens is 454 g/mol. The SMILES string of the molecule is COc1cc(F)c(C2CN=C(NOCCO)C2NC(=O)Nc2cc3ccccc3s2)c(F)c1. The summed E-state index contributed by atoms with van der Waals surface area (Å²) < 4.78 is 35.5. The average Bonchev–Trinajstić information content (AvgIpc) is 3.37. The molecule has 2 amide bonds. The Morgan fingerprint density at radius 3 is 2.70 bits per heavy atom. The highest BCUT2D eigenvalue weighted by Gasteiger charge is 2.38. The normalized spacial score (nSPS) is 17.6. The van der Waals surface area contributed by atoms with Gasteiger partial charge in [-0.2, -0.15) is 0 Å². The fourth-order valence-electron chi connectivity index (χ4n) is 3.65. The van der Waals surface area contributed by atoms with E-state index in [1.54, 1.807) is 0 Å². The molecule has 4 N–H and O–H groups in total. The number of fused-ring (bicyclic) bond motifs is 1. The molecule has 0 saturated carbocycles. The number of ether oxygens (including phenoxy) is 1. The van der Waals surface area contributed by atoms with Crippen LogP contribution in [0.4, 0.5) is 18.6 Å². The van der Waals surface area contributed by atoms with Crippen LogP contribution in [0.5, 0.6) is 5.75 Å². The second-order valence-electron chi connectivity index (χ2n) is 7.24. The van der Waals surface area contributed by atoms with Gasteiger partial charge in [-0.15, -0.1) is 11.3 Å². The third-order valence-corrected chi connectivity index (χ3v) is 6.16. The Hall–Kier alpha value is -3.28. The molecule has 4 rings (SSSR count). The van der Waals surface area contributed by atoms with E-state index in [1.165, 1.54) is 18.4 Å². The van der Waals surface area contributed by atoms with Gasteiger partial charge in [0.15, 0.2) is 0 Å². The van der Waals surface area contributed by atoms with Gasteiger partial charge >= 0.3 is 6.03 Å². The van der Waals surface area contributed by atoms with Crippen molar-refractivity contribution in [3.05, 3.63) is 59.7 Å². The first kappa shape index (κ1) is 22.9. The predicted molar refractivity (Wildman–Crippen MR) is 122 cm³/mol. The monoisotopic (exact) mass is 476 g/mol. The van der Waals surface area contributed by atoms with Crippen molar-refractivity contribution in [2.75, 3.05) is 32.2 Å². The van der Waals surface area contributed by atoms with E-state index in [0.717, 1.165) is 22.2 Å². The van der Waals surface area contributed by atoms with Crippen molar-refractivity contribution in [1.29, 1.82) is 0 Å². The van der Waals surface area contributed by atoms with Crippen LogP contribution in [0.2, 0.25) is 0 Å². The number of amidine groups is 1. The van der Waals surface area contributed by atoms with Gasteiger partial charge in [0.05, 0.1) is 37.9 Å². The maximum absolute atomic E-state index is 14.8. The van der Waals surface area contributed by atoms with E-state index < -0.39 is 29.6 Å². The summed E-state index contributed by atoms with van der Waals surface area (Å²) in [7, 11) is 1.32. The predicted octanol–water partition coefficient (Wildman–Crippen LogP) is 3.39. The molecular formula is C22H22F2N4O4S. The van der Waals surface area contributed by atoms with Crippen molar-refractivity contribution in [1.82, 2.24) is 10.8 Å². The number of urea groups is 1. The van der Waals surface area contributed by atoms with E-state index in [1.807, 2.05) is 30.3 Å². The fourth-order valence-corrected chi connectivity index (χ4v) is 4.61. The van der Waals surface area contributed by atoms with Crippen LogP contribution in [-0.2, 0) is 4.84 Å². The quantitative estimate of drug-likeness (QED) is 0.309. The van der Waals surface area contributed by atoms with Crippen LogP contribution in [0, 0.1) is 11.6 Å². The van der Waals surface area contributed by atoms with Crippen LogP contribution in [-0.4, -0.2) is 49.9 Å². The zero-order valence-electron chi connectivity index (χ0n) is 17.6. The Balaban J connectivity index is 1.56. The number of aliphatic imine (C=N–C) groups is 1. The number of aliphatic hydroxyl groups is 1. The zero-order valence-corrected chi connectivity index (χ0v) is 18.4. The van der Waals surface area contributed by atoms with E-state index in [4.69, 9.17) is 14.7 Å². The number of hydrogen-bond donors (Lipinski definition) is 4. The van der Waals surface area contributed by atoms with Gasteiger partial charge in [-0.05, 0) is 17.5 Å². The molecule has 0 bridgehead atoms. The molecule has 3 aromatic rings. The van der Waals surface area contributed by atoms with Crippen molar-refractivity contribution in [3.8, 4) is 5.75 Å². The number of thiophene rings is 1. The molecule has 2 aromatic carbocycles. The van der Waals surface area contributed by atoms with Crippen molar-refractivity contribution in [2.24, 2.45) is 4.99 Å². The highest BCUT2D eigenvalue weighted by molar-refractivity contribution is 7.22. The number of hydroxylamine groups is 1. The van der Waals surface area contributed by atoms with Crippen LogP contribution >= 0.6 is 11.3 Å². The number of hydrogen-bond acceptors (Lipinski definition) is 7. The number of carbonyl (C=O) groups excluding carboxylic acids is 1. The summed E-state index contributed by atoms with van der Waals surface area (Å²) in [4.78, 5) is 22.2. The Morgan fingerprint density at radius 2 is 2.00 bits per heavy atom. The van der Waals surface area contributed by atoms with Crippen molar-refractivity contribution in [3.63, 3.8) is 0 Å². The molecule has 8 nitrogen and oxygen atoms in total. The Labute approximate surface area is 192 Å². The van der Waals surface area contributed by atoms with Gasteiger partial charge in [0, 0.05) is 28.3 Å². The van der Waals surface area contributed by atoms with Gasteiger partial charge < -0.3 is 15.2 Å². The lowest BCUT2D eigenvalue weighted by atomic mass is 9.92. The van der Waals surface area contributed by atoms with Crippen molar-refractivity contribution in [2.45, 2.75) is 12.0 Å². The summed E-state index contributed by atoms with van der Waals surface area (Å²) in [5, 5.41) is 16.0. The van der Waals surface area contributed by atoms with Crippen LogP contribution in [0.15, 0.2) is 47.5 Å². The van der Waals surface area contributed by atoms with Crippen LogP contribution in [0.3, 0.4) is 0 Å². The number of nitrogens with zero attached hydrogens (tertiary/aromatic N) is 1. The number of anilines is 1. The molecule has 1 aliphatic heterocycles. The lowest BCUT2D eigenvalue weighted by Crippen LogP contribution is -2.49. The van der Waals surface area contributed by atoms with Gasteiger partial charge in [-0.25, -0.2) is 13.6 Å². The molecule has 174 valence electrons. The molecule has 1 aromatic heterocycles. The van der Waals surface area contributed by atoms with Gasteiger partial charge in [0.1, 0.15) is 23.2 Å². The smallest absolute Gasteiger partial charge is 0.320 e. The van der Waals surface area contributed by atoms with Gasteiger partial charge in [-0.1, -0.05) is 18.2 Å². The Morgan fingerprint density at radius 1 is 1.24 bits per heavy atom. The van der Waals surface area contributed by atoms with E-state index in [-0.39, 0.29) is 36.9 Å². The largest absolute Gasteiger partial charge is 0.497 e. The van der Waals surface area contributed by atoms with Gasteiger partial charge in [0.2, 0.25) is 0 Å². The summed E-state index contributed by atoms with van der Waals surface area (Å²) in [6.07, 6.45) is 0. The summed E-state index contributed by atoms with van der Waals surface area (Å²) in [6.45, 7) is -0.259. The van der Waals surface area contributed by atoms with E-state index >= 15 is 0 Å². The highest BCUT2D eigenvalue weighted by Crippen LogP contribution is 2.33. The minimum atomic E-state index is -0.907. The minimum absolute atomic E-state index is 0.0127. The van der Waals surface area contributed by atoms with Crippen molar-refractivity contribution < 1.29 is 28.3 Å². The topological polar surface area (TPSA) is 104 Å². The molecule has 2 unspecified atom stereocenters. The Bertz CT molecular complexity index is 1130. The molecule has 0 aliphatic carbocycles. The van der Waals surface area contributed by atoms with Gasteiger partial charge in [-0.3, -0.25) is 20.6 Å². The third kappa shape index (κ3) is 5.05. The van der Waals surface area contributed by atoms with Crippen LogP contribution < -0.4 is 20.9 Å². The maximum Gasteiger partial charge on any atom is 0.320 e. The number of benzene rings is 2. The zero-order chi connectivity index (χ0) is 23.4. The number of nitrogens with one attached hydrogen (secondary N) is 3. The summed E-state index contributed by atoms with van der Waals surface area (Å²) in [5.41, 5.74) is 2.35. The fraction of sp³-hybridized carbons (Fsp3) is 0.273. The number of methoxy groups -OCH3 is 1.